The summed E-state index contributed by atoms with van der Waals surface area (Å²) < 4.78 is 0. The fourth-order valence-corrected chi connectivity index (χ4v) is 1.29. The van der Waals surface area contributed by atoms with Crippen LogP contribution >= 0.6 is 0 Å². The molecule has 0 aliphatic rings. The van der Waals surface area contributed by atoms with Crippen molar-refractivity contribution in [2.75, 3.05) is 11.9 Å². The van der Waals surface area contributed by atoms with E-state index >= 15 is 0 Å². The molecule has 0 aromatic carbocycles. The molecule has 3 N–H and O–H groups in total. The quantitative estimate of drug-likeness (QED) is 0.783. The van der Waals surface area contributed by atoms with E-state index in [9.17, 15) is 4.79 Å². The van der Waals surface area contributed by atoms with E-state index in [-0.39, 0.29) is 5.91 Å². The zero-order chi connectivity index (χ0) is 11.3. The summed E-state index contributed by atoms with van der Waals surface area (Å²) in [5.74, 6) is -0.00537. The minimum Gasteiger partial charge on any atom is -0.330 e. The van der Waals surface area contributed by atoms with Crippen LogP contribution < -0.4 is 11.1 Å². The van der Waals surface area contributed by atoms with E-state index in [1.807, 2.05) is 26.0 Å². The smallest absolute Gasteiger partial charge is 0.224 e. The SMILES string of the molecule is Cc1ccc(NC(=O)CCCN)c(C)n1. The number of pyridine rings is 1. The van der Waals surface area contributed by atoms with Gasteiger partial charge >= 0.3 is 0 Å². The number of amides is 1. The summed E-state index contributed by atoms with van der Waals surface area (Å²) in [5, 5.41) is 2.82. The molecule has 1 aromatic rings. The standard InChI is InChI=1S/C11H17N3O/c1-8-5-6-10(9(2)13-8)14-11(15)4-3-7-12/h5-6H,3-4,7,12H2,1-2H3,(H,14,15). The van der Waals surface area contributed by atoms with Crippen LogP contribution in [0.5, 0.6) is 0 Å². The zero-order valence-corrected chi connectivity index (χ0v) is 9.21. The maximum atomic E-state index is 11.4. The number of hydrogen-bond acceptors (Lipinski definition) is 3. The molecular formula is C11H17N3O. The monoisotopic (exact) mass is 207 g/mol. The molecule has 82 valence electrons. The predicted octanol–water partition coefficient (Wildman–Crippen LogP) is 1.38. The molecule has 0 aliphatic heterocycles. The van der Waals surface area contributed by atoms with Crippen molar-refractivity contribution >= 4 is 11.6 Å². The summed E-state index contributed by atoms with van der Waals surface area (Å²) >= 11 is 0. The third kappa shape index (κ3) is 3.67. The first kappa shape index (κ1) is 11.7. The van der Waals surface area contributed by atoms with Crippen LogP contribution in [0.15, 0.2) is 12.1 Å². The van der Waals surface area contributed by atoms with E-state index in [4.69, 9.17) is 5.73 Å². The Morgan fingerprint density at radius 2 is 2.20 bits per heavy atom. The van der Waals surface area contributed by atoms with Gasteiger partial charge in [0, 0.05) is 12.1 Å². The van der Waals surface area contributed by atoms with Crippen LogP contribution in [0.2, 0.25) is 0 Å². The predicted molar refractivity (Wildman–Crippen MR) is 60.6 cm³/mol. The third-order valence-electron chi connectivity index (χ3n) is 2.11. The van der Waals surface area contributed by atoms with Gasteiger partial charge < -0.3 is 11.1 Å². The van der Waals surface area contributed by atoms with Crippen LogP contribution in [0.25, 0.3) is 0 Å². The van der Waals surface area contributed by atoms with Gasteiger partial charge in [0.15, 0.2) is 0 Å². The topological polar surface area (TPSA) is 68.0 Å². The van der Waals surface area contributed by atoms with Crippen molar-refractivity contribution in [2.45, 2.75) is 26.7 Å². The van der Waals surface area contributed by atoms with Gasteiger partial charge in [0.2, 0.25) is 5.91 Å². The molecule has 0 atom stereocenters. The van der Waals surface area contributed by atoms with Crippen LogP contribution in [0.1, 0.15) is 24.2 Å². The Kier molecular flexibility index (Phi) is 4.24. The summed E-state index contributed by atoms with van der Waals surface area (Å²) in [6, 6.07) is 3.75. The van der Waals surface area contributed by atoms with Crippen LogP contribution in [0.3, 0.4) is 0 Å². The molecule has 0 spiro atoms. The lowest BCUT2D eigenvalue weighted by Crippen LogP contribution is -2.14. The van der Waals surface area contributed by atoms with Gasteiger partial charge in [-0.25, -0.2) is 0 Å². The number of hydrogen-bond donors (Lipinski definition) is 2. The van der Waals surface area contributed by atoms with E-state index in [2.05, 4.69) is 10.3 Å². The van der Waals surface area contributed by atoms with E-state index in [0.29, 0.717) is 19.4 Å². The summed E-state index contributed by atoms with van der Waals surface area (Å²) in [6.07, 6.45) is 1.17. The molecule has 0 fully saturated rings. The minimum absolute atomic E-state index is 0.00537. The normalized spacial score (nSPS) is 10.1. The number of anilines is 1. The van der Waals surface area contributed by atoms with Crippen LogP contribution in [-0.2, 0) is 4.79 Å². The fraction of sp³-hybridized carbons (Fsp3) is 0.455. The van der Waals surface area contributed by atoms with Crippen molar-refractivity contribution in [1.82, 2.24) is 4.98 Å². The molecule has 15 heavy (non-hydrogen) atoms. The molecule has 0 saturated heterocycles. The highest BCUT2D eigenvalue weighted by molar-refractivity contribution is 5.91. The second-order valence-electron chi connectivity index (χ2n) is 3.53. The van der Waals surface area contributed by atoms with Crippen molar-refractivity contribution in [1.29, 1.82) is 0 Å². The van der Waals surface area contributed by atoms with Gasteiger partial charge in [0.25, 0.3) is 0 Å². The number of nitrogens with one attached hydrogen (secondary N) is 1. The van der Waals surface area contributed by atoms with Crippen molar-refractivity contribution in [3.8, 4) is 0 Å². The number of carbonyl (C=O) groups is 1. The molecule has 1 amide bonds. The van der Waals surface area contributed by atoms with Crippen molar-refractivity contribution < 1.29 is 4.79 Å². The number of rotatable bonds is 4. The van der Waals surface area contributed by atoms with Crippen molar-refractivity contribution in [3.63, 3.8) is 0 Å². The molecule has 1 heterocycles. The second-order valence-corrected chi connectivity index (χ2v) is 3.53. The second kappa shape index (κ2) is 5.46. The lowest BCUT2D eigenvalue weighted by molar-refractivity contribution is -0.116. The van der Waals surface area contributed by atoms with Gasteiger partial charge in [-0.3, -0.25) is 9.78 Å². The molecule has 4 nitrogen and oxygen atoms in total. The molecule has 0 unspecified atom stereocenters. The Hall–Kier alpha value is -1.42. The molecule has 0 radical (unpaired) electrons. The number of nitrogens with two attached hydrogens (primary N) is 1. The average molecular weight is 207 g/mol. The Labute approximate surface area is 89.9 Å². The average Bonchev–Trinajstić information content (AvgIpc) is 2.19. The van der Waals surface area contributed by atoms with Crippen LogP contribution in [0.4, 0.5) is 5.69 Å². The van der Waals surface area contributed by atoms with E-state index in [0.717, 1.165) is 17.1 Å². The number of carbonyl (C=O) groups excluding carboxylic acids is 1. The lowest BCUT2D eigenvalue weighted by atomic mass is 10.2. The van der Waals surface area contributed by atoms with Gasteiger partial charge in [-0.2, -0.15) is 0 Å². The first-order valence-electron chi connectivity index (χ1n) is 5.07. The molecule has 1 rings (SSSR count). The summed E-state index contributed by atoms with van der Waals surface area (Å²) in [7, 11) is 0. The Balaban J connectivity index is 2.60. The highest BCUT2D eigenvalue weighted by Gasteiger charge is 2.04. The lowest BCUT2D eigenvalue weighted by Gasteiger charge is -2.07. The summed E-state index contributed by atoms with van der Waals surface area (Å²) in [6.45, 7) is 4.34. The summed E-state index contributed by atoms with van der Waals surface area (Å²) in [5.41, 5.74) is 7.90. The molecule has 4 heteroatoms. The van der Waals surface area contributed by atoms with Gasteiger partial charge in [0.05, 0.1) is 11.4 Å². The van der Waals surface area contributed by atoms with Gasteiger partial charge in [-0.15, -0.1) is 0 Å². The number of aryl methyl sites for hydroxylation is 2. The number of nitrogens with zero attached hydrogens (tertiary/aromatic N) is 1. The Morgan fingerprint density at radius 3 is 2.80 bits per heavy atom. The van der Waals surface area contributed by atoms with Crippen LogP contribution in [0, 0.1) is 13.8 Å². The maximum absolute atomic E-state index is 11.4. The third-order valence-corrected chi connectivity index (χ3v) is 2.11. The Morgan fingerprint density at radius 1 is 1.47 bits per heavy atom. The fourth-order valence-electron chi connectivity index (χ4n) is 1.29. The van der Waals surface area contributed by atoms with E-state index in [1.54, 1.807) is 0 Å². The van der Waals surface area contributed by atoms with Crippen molar-refractivity contribution in [2.24, 2.45) is 5.73 Å². The molecule has 0 aliphatic carbocycles. The van der Waals surface area contributed by atoms with E-state index in [1.165, 1.54) is 0 Å². The van der Waals surface area contributed by atoms with Gasteiger partial charge in [0.1, 0.15) is 0 Å². The van der Waals surface area contributed by atoms with Crippen LogP contribution in [-0.4, -0.2) is 17.4 Å². The Bertz CT molecular complexity index is 350. The largest absolute Gasteiger partial charge is 0.330 e. The number of aromatic nitrogens is 1. The first-order valence-corrected chi connectivity index (χ1v) is 5.07. The van der Waals surface area contributed by atoms with Gasteiger partial charge in [-0.1, -0.05) is 0 Å². The highest BCUT2D eigenvalue weighted by atomic mass is 16.1. The van der Waals surface area contributed by atoms with E-state index < -0.39 is 0 Å². The maximum Gasteiger partial charge on any atom is 0.224 e. The molecular weight excluding hydrogens is 190 g/mol. The molecule has 1 aromatic heterocycles. The first-order chi connectivity index (χ1) is 7.13. The zero-order valence-electron chi connectivity index (χ0n) is 9.21. The molecule has 0 saturated carbocycles. The van der Waals surface area contributed by atoms with Gasteiger partial charge in [-0.05, 0) is 38.9 Å². The molecule has 0 bridgehead atoms. The highest BCUT2D eigenvalue weighted by Crippen LogP contribution is 2.12. The van der Waals surface area contributed by atoms with Crippen molar-refractivity contribution in [3.05, 3.63) is 23.5 Å². The summed E-state index contributed by atoms with van der Waals surface area (Å²) in [4.78, 5) is 15.7. The minimum atomic E-state index is -0.00537.